The van der Waals surface area contributed by atoms with Crippen molar-refractivity contribution in [2.75, 3.05) is 40.3 Å². The molecular formula is C18H29N3O3S. The number of likely N-dealkylation sites (N-methyl/N-ethyl adjacent to an activating group) is 1. The first-order chi connectivity index (χ1) is 11.8. The van der Waals surface area contributed by atoms with Crippen LogP contribution in [-0.4, -0.2) is 63.8 Å². The average molecular weight is 368 g/mol. The van der Waals surface area contributed by atoms with Crippen LogP contribution in [0.4, 0.5) is 0 Å². The molecule has 1 saturated heterocycles. The van der Waals surface area contributed by atoms with Crippen molar-refractivity contribution in [3.8, 4) is 0 Å². The summed E-state index contributed by atoms with van der Waals surface area (Å²) in [7, 11) is 0.510. The Morgan fingerprint density at radius 3 is 2.36 bits per heavy atom. The zero-order valence-corrected chi connectivity index (χ0v) is 16.2. The summed E-state index contributed by atoms with van der Waals surface area (Å²) < 4.78 is 26.9. The number of rotatable bonds is 7. The van der Waals surface area contributed by atoms with Crippen molar-refractivity contribution in [3.63, 3.8) is 0 Å². The van der Waals surface area contributed by atoms with Crippen molar-refractivity contribution in [1.82, 2.24) is 14.5 Å². The summed E-state index contributed by atoms with van der Waals surface area (Å²) in [5.74, 6) is 0.311. The number of nitrogens with one attached hydrogen (secondary N) is 1. The van der Waals surface area contributed by atoms with E-state index in [9.17, 15) is 13.2 Å². The second kappa shape index (κ2) is 8.78. The largest absolute Gasteiger partial charge is 0.355 e. The zero-order valence-electron chi connectivity index (χ0n) is 15.4. The molecule has 0 spiro atoms. The Labute approximate surface area is 151 Å². The van der Waals surface area contributed by atoms with Crippen LogP contribution in [0.15, 0.2) is 29.2 Å². The Bertz CT molecular complexity index is 663. The van der Waals surface area contributed by atoms with Crippen LogP contribution in [-0.2, 0) is 14.8 Å². The van der Waals surface area contributed by atoms with Crippen LogP contribution >= 0.6 is 0 Å². The number of aryl methyl sites for hydroxylation is 1. The maximum Gasteiger partial charge on any atom is 0.243 e. The highest BCUT2D eigenvalue weighted by Gasteiger charge is 2.30. The Balaban J connectivity index is 1.82. The quantitative estimate of drug-likeness (QED) is 0.792. The van der Waals surface area contributed by atoms with E-state index < -0.39 is 10.0 Å². The summed E-state index contributed by atoms with van der Waals surface area (Å²) in [4.78, 5) is 14.3. The van der Waals surface area contributed by atoms with E-state index >= 15 is 0 Å². The number of sulfonamides is 1. The van der Waals surface area contributed by atoms with Gasteiger partial charge in [-0.15, -0.1) is 0 Å². The molecular weight excluding hydrogens is 338 g/mol. The summed E-state index contributed by atoms with van der Waals surface area (Å²) in [6, 6.07) is 6.96. The molecule has 0 atom stereocenters. The Morgan fingerprint density at radius 1 is 1.20 bits per heavy atom. The van der Waals surface area contributed by atoms with Crippen molar-refractivity contribution >= 4 is 15.9 Å². The van der Waals surface area contributed by atoms with Crippen LogP contribution in [0.5, 0.6) is 0 Å². The SMILES string of the molecule is Cc1ccc(S(=O)(=O)N2CCC(CC(=O)NCCN(C)C)CC2)cc1. The fraction of sp³-hybridized carbons (Fsp3) is 0.611. The molecule has 0 saturated carbocycles. The predicted molar refractivity (Wildman–Crippen MR) is 98.8 cm³/mol. The Kier molecular flexibility index (Phi) is 6.98. The van der Waals surface area contributed by atoms with Gasteiger partial charge in [0.05, 0.1) is 4.90 Å². The van der Waals surface area contributed by atoms with Gasteiger partial charge in [-0.25, -0.2) is 8.42 Å². The molecule has 1 N–H and O–H groups in total. The molecule has 0 radical (unpaired) electrons. The Morgan fingerprint density at radius 2 is 1.80 bits per heavy atom. The molecule has 0 aromatic heterocycles. The lowest BCUT2D eigenvalue weighted by molar-refractivity contribution is -0.122. The van der Waals surface area contributed by atoms with Gasteiger partial charge in [-0.05, 0) is 51.9 Å². The molecule has 0 unspecified atom stereocenters. The highest BCUT2D eigenvalue weighted by atomic mass is 32.2. The third kappa shape index (κ3) is 5.80. The van der Waals surface area contributed by atoms with Crippen molar-refractivity contribution < 1.29 is 13.2 Å². The van der Waals surface area contributed by atoms with Gasteiger partial charge in [0.15, 0.2) is 0 Å². The first-order valence-electron chi connectivity index (χ1n) is 8.77. The molecule has 1 aliphatic heterocycles. The fourth-order valence-corrected chi connectivity index (χ4v) is 4.44. The third-order valence-electron chi connectivity index (χ3n) is 4.59. The van der Waals surface area contributed by atoms with Crippen LogP contribution in [0.3, 0.4) is 0 Å². The lowest BCUT2D eigenvalue weighted by Crippen LogP contribution is -2.40. The van der Waals surface area contributed by atoms with E-state index in [2.05, 4.69) is 5.32 Å². The molecule has 25 heavy (non-hydrogen) atoms. The van der Waals surface area contributed by atoms with Crippen molar-refractivity contribution in [2.45, 2.75) is 31.1 Å². The number of carbonyl (C=O) groups is 1. The average Bonchev–Trinajstić information content (AvgIpc) is 2.55. The summed E-state index contributed by atoms with van der Waals surface area (Å²) in [5.41, 5.74) is 1.04. The number of hydrogen-bond acceptors (Lipinski definition) is 4. The van der Waals surface area contributed by atoms with Gasteiger partial charge in [-0.2, -0.15) is 4.31 Å². The highest BCUT2D eigenvalue weighted by molar-refractivity contribution is 7.89. The molecule has 1 fully saturated rings. The second-order valence-electron chi connectivity index (χ2n) is 7.02. The van der Waals surface area contributed by atoms with Crippen LogP contribution in [0.1, 0.15) is 24.8 Å². The van der Waals surface area contributed by atoms with E-state index in [0.29, 0.717) is 31.0 Å². The smallest absolute Gasteiger partial charge is 0.243 e. The zero-order chi connectivity index (χ0) is 18.4. The van der Waals surface area contributed by atoms with E-state index in [1.54, 1.807) is 12.1 Å². The first-order valence-corrected chi connectivity index (χ1v) is 10.2. The Hall–Kier alpha value is -1.44. The molecule has 0 aliphatic carbocycles. The van der Waals surface area contributed by atoms with Gasteiger partial charge in [0.1, 0.15) is 0 Å². The van der Waals surface area contributed by atoms with E-state index in [4.69, 9.17) is 0 Å². The standard InChI is InChI=1S/C18H29N3O3S/c1-15-4-6-17(7-5-15)25(23,24)21-11-8-16(9-12-21)14-18(22)19-10-13-20(2)3/h4-7,16H,8-14H2,1-3H3,(H,19,22). The monoisotopic (exact) mass is 367 g/mol. The molecule has 0 bridgehead atoms. The lowest BCUT2D eigenvalue weighted by Gasteiger charge is -2.31. The molecule has 1 aromatic rings. The van der Waals surface area contributed by atoms with Gasteiger partial charge in [0.25, 0.3) is 0 Å². The van der Waals surface area contributed by atoms with Gasteiger partial charge >= 0.3 is 0 Å². The van der Waals surface area contributed by atoms with E-state index in [1.807, 2.05) is 38.1 Å². The highest BCUT2D eigenvalue weighted by Crippen LogP contribution is 2.25. The van der Waals surface area contributed by atoms with Gasteiger partial charge in [-0.1, -0.05) is 17.7 Å². The van der Waals surface area contributed by atoms with Crippen molar-refractivity contribution in [1.29, 1.82) is 0 Å². The number of benzene rings is 1. The number of piperidine rings is 1. The molecule has 140 valence electrons. The summed E-state index contributed by atoms with van der Waals surface area (Å²) in [6.45, 7) is 4.36. The maximum absolute atomic E-state index is 12.7. The first kappa shape index (κ1) is 19.9. The van der Waals surface area contributed by atoms with E-state index in [1.165, 1.54) is 4.31 Å². The normalized spacial score (nSPS) is 17.0. The fourth-order valence-electron chi connectivity index (χ4n) is 2.97. The number of carbonyl (C=O) groups excluding carboxylic acids is 1. The van der Waals surface area contributed by atoms with Crippen LogP contribution in [0.25, 0.3) is 0 Å². The second-order valence-corrected chi connectivity index (χ2v) is 8.96. The maximum atomic E-state index is 12.7. The third-order valence-corrected chi connectivity index (χ3v) is 6.50. The summed E-state index contributed by atoms with van der Waals surface area (Å²) in [6.07, 6.45) is 1.93. The minimum Gasteiger partial charge on any atom is -0.355 e. The van der Waals surface area contributed by atoms with E-state index in [-0.39, 0.29) is 11.8 Å². The van der Waals surface area contributed by atoms with Crippen LogP contribution in [0.2, 0.25) is 0 Å². The lowest BCUT2D eigenvalue weighted by atomic mass is 9.94. The van der Waals surface area contributed by atoms with Gasteiger partial charge in [0.2, 0.25) is 15.9 Å². The topological polar surface area (TPSA) is 69.7 Å². The molecule has 2 rings (SSSR count). The van der Waals surface area contributed by atoms with Crippen LogP contribution < -0.4 is 5.32 Å². The minimum absolute atomic E-state index is 0.0571. The van der Waals surface area contributed by atoms with Gasteiger partial charge < -0.3 is 10.2 Å². The van der Waals surface area contributed by atoms with Gasteiger partial charge in [0, 0.05) is 32.6 Å². The van der Waals surface area contributed by atoms with Crippen molar-refractivity contribution in [3.05, 3.63) is 29.8 Å². The summed E-state index contributed by atoms with van der Waals surface area (Å²) in [5, 5.41) is 2.92. The number of amides is 1. The van der Waals surface area contributed by atoms with Gasteiger partial charge in [-0.3, -0.25) is 4.79 Å². The minimum atomic E-state index is -3.43. The number of nitrogens with zero attached hydrogens (tertiary/aromatic N) is 2. The summed E-state index contributed by atoms with van der Waals surface area (Å²) >= 11 is 0. The predicted octanol–water partition coefficient (Wildman–Crippen LogP) is 1.46. The van der Waals surface area contributed by atoms with Crippen LogP contribution in [0, 0.1) is 12.8 Å². The molecule has 6 nitrogen and oxygen atoms in total. The van der Waals surface area contributed by atoms with Crippen molar-refractivity contribution in [2.24, 2.45) is 5.92 Å². The molecule has 1 heterocycles. The molecule has 1 aromatic carbocycles. The molecule has 1 aliphatic rings. The number of hydrogen-bond donors (Lipinski definition) is 1. The van der Waals surface area contributed by atoms with E-state index in [0.717, 1.165) is 24.9 Å². The molecule has 1 amide bonds. The molecule has 7 heteroatoms.